The molecule has 0 aliphatic heterocycles. The van der Waals surface area contributed by atoms with Gasteiger partial charge >= 0.3 is 361 Å². The van der Waals surface area contributed by atoms with Crippen molar-refractivity contribution in [1.82, 2.24) is 8.61 Å². The predicted octanol–water partition coefficient (Wildman–Crippen LogP) is 8.55. The fraction of sp³-hybridized carbons (Fsp3) is 0.842. The number of nitrogens with zero attached hydrogens (tertiary/aromatic N) is 2. The van der Waals surface area contributed by atoms with E-state index >= 15 is 0 Å². The van der Waals surface area contributed by atoms with Crippen LogP contribution < -0.4 is 3.27 Å². The maximum atomic E-state index is 14.7. The summed E-state index contributed by atoms with van der Waals surface area (Å²) in [6.07, 6.45) is 0. The third kappa shape index (κ3) is 14.7. The van der Waals surface area contributed by atoms with Crippen LogP contribution in [0.1, 0.15) is 83.1 Å². The van der Waals surface area contributed by atoms with Gasteiger partial charge in [-0.1, -0.05) is 0 Å². The van der Waals surface area contributed by atoms with Crippen LogP contribution in [0.15, 0.2) is 28.0 Å². The summed E-state index contributed by atoms with van der Waals surface area (Å²) in [7, 11) is -16.9. The molecule has 0 unspecified atom stereocenters. The van der Waals surface area contributed by atoms with Crippen molar-refractivity contribution in [2.45, 2.75) is 165 Å². The molecule has 0 saturated heterocycles. The molecule has 10 nitrogen and oxygen atoms in total. The van der Waals surface area contributed by atoms with Crippen LogP contribution in [0.2, 0.25) is 72.5 Å². The van der Waals surface area contributed by atoms with E-state index in [4.69, 9.17) is 17.7 Å². The molecule has 0 aliphatic rings. The normalized spacial score (nSPS) is 15.0. The van der Waals surface area contributed by atoms with Gasteiger partial charge in [0.2, 0.25) is 0 Å². The zero-order valence-corrected chi connectivity index (χ0v) is 47.4. The van der Waals surface area contributed by atoms with Crippen molar-refractivity contribution in [2.75, 3.05) is 52.6 Å². The summed E-state index contributed by atoms with van der Waals surface area (Å²) in [5.74, 6) is 0. The molecule has 0 fully saturated rings. The molecule has 0 heterocycles. The zero-order chi connectivity index (χ0) is 43.5. The topological polar surface area (TPSA) is 112 Å². The second-order valence-electron chi connectivity index (χ2n) is 20.9. The van der Waals surface area contributed by atoms with Crippen molar-refractivity contribution in [3.63, 3.8) is 0 Å². The fourth-order valence-electron chi connectivity index (χ4n) is 4.33. The van der Waals surface area contributed by atoms with Crippen LogP contribution in [0.5, 0.6) is 0 Å². The first kappa shape index (κ1) is 53.6. The van der Waals surface area contributed by atoms with Gasteiger partial charge in [-0.3, -0.25) is 0 Å². The molecular formula is C38H79BiN2O8S2Si4. The number of rotatable bonds is 20. The van der Waals surface area contributed by atoms with Gasteiger partial charge in [0.1, 0.15) is 0 Å². The Hall–Kier alpha value is 0.631. The standard InChI is InChI=1S/C38H79N2O8S2Si4.Bi/c1-35(2,3)51(13,14)45-28-24-39(25-29-46-52(15,16)36(4,5)6)49(41,42)33-22-21-23-34(32-33)50(43,44)40(26-30-47-53(17,18)37(7,8)9)27-31-48-54(19,20)38(10,11)12;/h21-22,32H,24-31H2,1-20H3;. The van der Waals surface area contributed by atoms with Crippen LogP contribution >= 0.6 is 0 Å². The number of hydrogen-bond acceptors (Lipinski definition) is 8. The molecule has 0 N–H and O–H groups in total. The molecule has 0 aromatic heterocycles. The van der Waals surface area contributed by atoms with Crippen LogP contribution in [0, 0.1) is 0 Å². The molecule has 1 rings (SSSR count). The molecule has 1 aromatic rings. The first-order valence-corrected chi connectivity index (χ1v) is 35.9. The summed E-state index contributed by atoms with van der Waals surface area (Å²) in [5.41, 5.74) is 0. The summed E-state index contributed by atoms with van der Waals surface area (Å²) in [6, 6.07) is 4.53. The van der Waals surface area contributed by atoms with Gasteiger partial charge in [0.15, 0.2) is 0 Å². The van der Waals surface area contributed by atoms with Gasteiger partial charge in [-0.25, -0.2) is 0 Å². The van der Waals surface area contributed by atoms with Crippen LogP contribution in [-0.2, 0) is 37.8 Å². The molecule has 322 valence electrons. The van der Waals surface area contributed by atoms with E-state index in [0.29, 0.717) is 28.0 Å². The Morgan fingerprint density at radius 3 is 1.00 bits per heavy atom. The van der Waals surface area contributed by atoms with E-state index in [2.05, 4.69) is 135 Å². The Morgan fingerprint density at radius 2 is 0.745 bits per heavy atom. The Kier molecular flexibility index (Phi) is 18.7. The molecule has 17 heteroatoms. The summed E-state index contributed by atoms with van der Waals surface area (Å²) < 4.78 is 87.6. The van der Waals surface area contributed by atoms with Gasteiger partial charge in [-0.2, -0.15) is 0 Å². The van der Waals surface area contributed by atoms with E-state index in [9.17, 15) is 16.8 Å². The molecule has 55 heavy (non-hydrogen) atoms. The number of hydrogen-bond donors (Lipinski definition) is 0. The summed E-state index contributed by atoms with van der Waals surface area (Å²) in [6.45, 7) is 44.5. The van der Waals surface area contributed by atoms with Crippen molar-refractivity contribution in [2.24, 2.45) is 0 Å². The van der Waals surface area contributed by atoms with Crippen LogP contribution in [-0.4, -0.2) is 136 Å². The van der Waals surface area contributed by atoms with Crippen molar-refractivity contribution < 1.29 is 34.5 Å². The molecule has 0 bridgehead atoms. The summed E-state index contributed by atoms with van der Waals surface area (Å²) >= 11 is 0.666. The van der Waals surface area contributed by atoms with E-state index in [1.165, 1.54) is 20.7 Å². The van der Waals surface area contributed by atoms with Crippen molar-refractivity contribution >= 4 is 81.3 Å². The van der Waals surface area contributed by atoms with Crippen molar-refractivity contribution in [3.8, 4) is 0 Å². The Labute approximate surface area is 358 Å². The molecule has 0 atom stereocenters. The van der Waals surface area contributed by atoms with E-state index in [1.807, 2.05) is 0 Å². The first-order valence-electron chi connectivity index (χ1n) is 19.6. The van der Waals surface area contributed by atoms with E-state index < -0.39 is 53.3 Å². The molecular weight excluding hydrogens is 998 g/mol. The minimum absolute atomic E-state index is 0.0107. The van der Waals surface area contributed by atoms with E-state index in [-0.39, 0.29) is 82.6 Å². The predicted molar refractivity (Wildman–Crippen MR) is 242 cm³/mol. The average Bonchev–Trinajstić information content (AvgIpc) is 2.97. The van der Waals surface area contributed by atoms with Gasteiger partial charge in [0.05, 0.1) is 0 Å². The van der Waals surface area contributed by atoms with Gasteiger partial charge in [-0.05, 0) is 0 Å². The SMILES string of the molecule is CC(C)(C)[Si](C)(C)OCCN(CCO[Si](C)(C)C(C)(C)C)S(=O)(=O)c1cc[c]([Bi])c(S(=O)(=O)N(CCO[Si](C)(C)C(C)(C)C)CCO[Si](C)(C)C(C)(C)C)c1. The monoisotopic (exact) mass is 1080 g/mol. The molecule has 0 spiro atoms. The van der Waals surface area contributed by atoms with Crippen molar-refractivity contribution in [1.29, 1.82) is 0 Å². The minimum atomic E-state index is -4.14. The van der Waals surface area contributed by atoms with E-state index in [1.54, 1.807) is 6.07 Å². The van der Waals surface area contributed by atoms with Crippen LogP contribution in [0.25, 0.3) is 0 Å². The van der Waals surface area contributed by atoms with Crippen molar-refractivity contribution in [3.05, 3.63) is 18.2 Å². The molecule has 0 saturated carbocycles. The second kappa shape index (κ2) is 19.1. The third-order valence-electron chi connectivity index (χ3n) is 12.6. The molecule has 2 radical (unpaired) electrons. The van der Waals surface area contributed by atoms with Crippen LogP contribution in [0.4, 0.5) is 0 Å². The Bertz CT molecular complexity index is 1560. The second-order valence-corrected chi connectivity index (χ2v) is 45.8. The van der Waals surface area contributed by atoms with Gasteiger partial charge in [0.25, 0.3) is 0 Å². The van der Waals surface area contributed by atoms with Crippen LogP contribution in [0.3, 0.4) is 0 Å². The zero-order valence-electron chi connectivity index (χ0n) is 38.3. The molecule has 1 aromatic carbocycles. The van der Waals surface area contributed by atoms with E-state index in [0.717, 1.165) is 0 Å². The third-order valence-corrected chi connectivity index (χ3v) is 36.7. The molecule has 0 aliphatic carbocycles. The number of sulfonamides is 2. The van der Waals surface area contributed by atoms with Gasteiger partial charge in [0, 0.05) is 0 Å². The maximum absolute atomic E-state index is 14.7. The van der Waals surface area contributed by atoms with Gasteiger partial charge < -0.3 is 0 Å². The Morgan fingerprint density at radius 1 is 0.491 bits per heavy atom. The first-order chi connectivity index (χ1) is 24.2. The summed E-state index contributed by atoms with van der Waals surface area (Å²) in [5, 5.41) is -0.155. The summed E-state index contributed by atoms with van der Waals surface area (Å²) in [4.78, 5) is -0.0490. The number of benzene rings is 1. The Balaban J connectivity index is 3.66. The van der Waals surface area contributed by atoms with Gasteiger partial charge in [-0.15, -0.1) is 0 Å². The quantitative estimate of drug-likeness (QED) is 0.120. The molecule has 0 amide bonds. The average molecular weight is 1080 g/mol. The fourth-order valence-corrected chi connectivity index (χ4v) is 13.4.